The maximum Gasteiger partial charge on any atom is 1.00 e. The molecule has 0 spiro atoms. The van der Waals surface area contributed by atoms with Gasteiger partial charge in [-0.3, -0.25) is 0 Å². The number of benzene rings is 1. The average Bonchev–Trinajstić information content (AvgIpc) is 2.68. The van der Waals surface area contributed by atoms with Gasteiger partial charge in [0.05, 0.1) is 22.1 Å². The van der Waals surface area contributed by atoms with Crippen LogP contribution < -0.4 is 64.2 Å². The van der Waals surface area contributed by atoms with Crippen molar-refractivity contribution in [3.05, 3.63) is 29.3 Å². The zero-order chi connectivity index (χ0) is 12.4. The molecule has 1 atom stereocenters. The summed E-state index contributed by atoms with van der Waals surface area (Å²) >= 11 is 5.65. The SMILES string of the molecule is O=C([S-])CC(C(=O)[O-])c1nc2ccccc2s1.[Na+].[Na+]. The van der Waals surface area contributed by atoms with E-state index < -0.39 is 17.0 Å². The van der Waals surface area contributed by atoms with Crippen molar-refractivity contribution in [2.75, 3.05) is 0 Å². The Bertz CT molecular complexity index is 555. The van der Waals surface area contributed by atoms with E-state index in [-0.39, 0.29) is 65.5 Å². The number of nitrogens with zero attached hydrogens (tertiary/aromatic N) is 1. The van der Waals surface area contributed by atoms with E-state index in [1.54, 1.807) is 6.07 Å². The predicted molar refractivity (Wildman–Crippen MR) is 64.4 cm³/mol. The van der Waals surface area contributed by atoms with Crippen LogP contribution in [0.5, 0.6) is 0 Å². The molecule has 0 aliphatic carbocycles. The number of fused-ring (bicyclic) bond motifs is 1. The van der Waals surface area contributed by atoms with Crippen molar-refractivity contribution in [1.29, 1.82) is 0 Å². The van der Waals surface area contributed by atoms with E-state index in [4.69, 9.17) is 0 Å². The zero-order valence-electron chi connectivity index (χ0n) is 10.6. The van der Waals surface area contributed by atoms with Crippen molar-refractivity contribution >= 4 is 45.3 Å². The first-order chi connectivity index (χ1) is 8.08. The molecule has 19 heavy (non-hydrogen) atoms. The minimum absolute atomic E-state index is 0. The molecule has 2 aromatic rings. The van der Waals surface area contributed by atoms with Gasteiger partial charge < -0.3 is 27.3 Å². The van der Waals surface area contributed by atoms with Crippen LogP contribution in [0.3, 0.4) is 0 Å². The monoisotopic (exact) mass is 311 g/mol. The number of para-hydroxylation sites is 1. The van der Waals surface area contributed by atoms with Crippen LogP contribution >= 0.6 is 11.3 Å². The molecule has 0 N–H and O–H groups in total. The van der Waals surface area contributed by atoms with Crippen molar-refractivity contribution in [1.82, 2.24) is 4.98 Å². The summed E-state index contributed by atoms with van der Waals surface area (Å²) in [5.74, 6) is -2.36. The third-order valence-electron chi connectivity index (χ3n) is 2.26. The second-order valence-corrected chi connectivity index (χ2v) is 4.99. The molecule has 1 aromatic heterocycles. The van der Waals surface area contributed by atoms with Gasteiger partial charge in [-0.15, -0.1) is 11.3 Å². The van der Waals surface area contributed by atoms with Gasteiger partial charge in [0.2, 0.25) is 0 Å². The van der Waals surface area contributed by atoms with E-state index in [1.807, 2.05) is 18.2 Å². The molecular weight excluding hydrogens is 304 g/mol. The van der Waals surface area contributed by atoms with Crippen molar-refractivity contribution in [3.8, 4) is 0 Å². The van der Waals surface area contributed by atoms with Crippen LogP contribution in [-0.2, 0) is 22.2 Å². The number of thiazole rings is 1. The summed E-state index contributed by atoms with van der Waals surface area (Å²) in [6, 6.07) is 7.30. The van der Waals surface area contributed by atoms with Crippen LogP contribution in [-0.4, -0.2) is 16.1 Å². The Labute approximate surface area is 164 Å². The van der Waals surface area contributed by atoms with Gasteiger partial charge in [0, 0.05) is 5.12 Å². The van der Waals surface area contributed by atoms with Crippen LogP contribution in [0.4, 0.5) is 0 Å². The molecule has 1 unspecified atom stereocenters. The van der Waals surface area contributed by atoms with Crippen LogP contribution in [0, 0.1) is 0 Å². The second-order valence-electron chi connectivity index (χ2n) is 3.47. The summed E-state index contributed by atoms with van der Waals surface area (Å²) in [4.78, 5) is 26.0. The van der Waals surface area contributed by atoms with Crippen LogP contribution in [0.1, 0.15) is 17.3 Å². The van der Waals surface area contributed by atoms with Gasteiger partial charge >= 0.3 is 59.1 Å². The molecule has 8 heteroatoms. The molecule has 4 nitrogen and oxygen atoms in total. The number of hydrogen-bond donors (Lipinski definition) is 0. The van der Waals surface area contributed by atoms with Crippen molar-refractivity contribution in [3.63, 3.8) is 0 Å². The summed E-state index contributed by atoms with van der Waals surface area (Å²) in [6.07, 6.45) is -0.252. The summed E-state index contributed by atoms with van der Waals surface area (Å²) in [5, 5.41) is 10.7. The minimum Gasteiger partial charge on any atom is -0.742 e. The van der Waals surface area contributed by atoms with Gasteiger partial charge in [-0.2, -0.15) is 0 Å². The number of rotatable bonds is 4. The molecule has 1 aromatic carbocycles. The fraction of sp³-hybridized carbons (Fsp3) is 0.182. The molecule has 0 radical (unpaired) electrons. The van der Waals surface area contributed by atoms with E-state index >= 15 is 0 Å². The van der Waals surface area contributed by atoms with Gasteiger partial charge in [-0.05, 0) is 18.6 Å². The standard InChI is InChI=1S/C11H9NO3S2.2Na/c13-9(16)5-6(11(14)15)10-12-7-3-1-2-4-8(7)17-10;;/h1-4,6H,5H2,(H,13,16)(H,14,15);;/q;2*+1/p-2. The Kier molecular flexibility index (Phi) is 8.90. The van der Waals surface area contributed by atoms with Gasteiger partial charge in [-0.1, -0.05) is 12.1 Å². The Balaban J connectivity index is 0.00000162. The molecule has 1 heterocycles. The van der Waals surface area contributed by atoms with E-state index in [9.17, 15) is 14.7 Å². The Morgan fingerprint density at radius 1 is 1.32 bits per heavy atom. The predicted octanol–water partition coefficient (Wildman–Crippen LogP) is -5.40. The summed E-state index contributed by atoms with van der Waals surface area (Å²) in [6.45, 7) is 0. The molecule has 0 amide bonds. The number of carbonyl (C=O) groups excluding carboxylic acids is 2. The third-order valence-corrected chi connectivity index (χ3v) is 3.58. The smallest absolute Gasteiger partial charge is 0.742 e. The maximum absolute atomic E-state index is 11.0. The Hall–Kier alpha value is 0.470. The average molecular weight is 311 g/mol. The topological polar surface area (TPSA) is 70.1 Å². The van der Waals surface area contributed by atoms with E-state index in [0.717, 1.165) is 10.2 Å². The van der Waals surface area contributed by atoms with Crippen LogP contribution in [0.15, 0.2) is 24.3 Å². The third kappa shape index (κ3) is 5.06. The number of hydrogen-bond acceptors (Lipinski definition) is 6. The molecule has 0 aliphatic rings. The Morgan fingerprint density at radius 3 is 2.47 bits per heavy atom. The maximum atomic E-state index is 11.0. The van der Waals surface area contributed by atoms with E-state index in [1.165, 1.54) is 11.3 Å². The zero-order valence-corrected chi connectivity index (χ0v) is 16.2. The normalized spacial score (nSPS) is 11.2. The fourth-order valence-corrected chi connectivity index (χ4v) is 2.70. The van der Waals surface area contributed by atoms with Gasteiger partial charge in [0.15, 0.2) is 0 Å². The van der Waals surface area contributed by atoms with E-state index in [2.05, 4.69) is 17.6 Å². The molecule has 0 bridgehead atoms. The Morgan fingerprint density at radius 2 is 1.95 bits per heavy atom. The largest absolute Gasteiger partial charge is 1.00 e. The van der Waals surface area contributed by atoms with E-state index in [0.29, 0.717) is 5.01 Å². The summed E-state index contributed by atoms with van der Waals surface area (Å²) < 4.78 is 0.880. The molecule has 88 valence electrons. The van der Waals surface area contributed by atoms with Crippen molar-refractivity contribution < 1.29 is 73.8 Å². The molecule has 0 fully saturated rings. The quantitative estimate of drug-likeness (QED) is 0.416. The molecule has 2 rings (SSSR count). The number of carbonyl (C=O) groups is 2. The first-order valence-electron chi connectivity index (χ1n) is 4.84. The van der Waals surface area contributed by atoms with Gasteiger partial charge in [-0.25, -0.2) is 4.98 Å². The second kappa shape index (κ2) is 8.69. The van der Waals surface area contributed by atoms with Crippen molar-refractivity contribution in [2.24, 2.45) is 0 Å². The first-order valence-corrected chi connectivity index (χ1v) is 6.06. The van der Waals surface area contributed by atoms with Crippen molar-refractivity contribution in [2.45, 2.75) is 12.3 Å². The molecule has 0 aliphatic heterocycles. The molecule has 0 saturated carbocycles. The van der Waals surface area contributed by atoms with Gasteiger partial charge in [0.25, 0.3) is 0 Å². The van der Waals surface area contributed by atoms with Gasteiger partial charge in [0.1, 0.15) is 5.01 Å². The summed E-state index contributed by atoms with van der Waals surface area (Å²) in [5.41, 5.74) is 0.718. The van der Waals surface area contributed by atoms with Crippen LogP contribution in [0.2, 0.25) is 0 Å². The number of aromatic nitrogens is 1. The molecule has 0 saturated heterocycles. The summed E-state index contributed by atoms with van der Waals surface area (Å²) in [7, 11) is 0. The van der Waals surface area contributed by atoms with Crippen LogP contribution in [0.25, 0.3) is 10.2 Å². The fourth-order valence-electron chi connectivity index (χ4n) is 1.48. The minimum atomic E-state index is -1.32. The molecular formula is C11H7NNa2O3S2. The number of carboxylic acid groups (broad SMARTS) is 1. The number of aliphatic carboxylic acids is 1. The number of carboxylic acids is 1. The first kappa shape index (κ1) is 19.5.